The first-order chi connectivity index (χ1) is 12.5. The number of Topliss-reactive ketones (excluding diaryl/α,β-unsaturated/α-hetero) is 1. The van der Waals surface area contributed by atoms with Gasteiger partial charge in [-0.25, -0.2) is 4.79 Å². The summed E-state index contributed by atoms with van der Waals surface area (Å²) in [7, 11) is 0. The van der Waals surface area contributed by atoms with E-state index >= 15 is 0 Å². The Balaban J connectivity index is 1.80. The summed E-state index contributed by atoms with van der Waals surface area (Å²) < 4.78 is 0. The molecule has 1 aromatic heterocycles. The first-order valence-corrected chi connectivity index (χ1v) is 9.17. The van der Waals surface area contributed by atoms with Crippen LogP contribution >= 0.6 is 34.5 Å². The monoisotopic (exact) mass is 405 g/mol. The molecule has 0 radical (unpaired) electrons. The van der Waals surface area contributed by atoms with Crippen molar-refractivity contribution in [3.8, 4) is 10.4 Å². The summed E-state index contributed by atoms with van der Waals surface area (Å²) in [6, 6.07) is 15.8. The summed E-state index contributed by atoms with van der Waals surface area (Å²) in [6.45, 7) is -0.0524. The first-order valence-electron chi connectivity index (χ1n) is 7.60. The van der Waals surface area contributed by atoms with E-state index in [4.69, 9.17) is 23.2 Å². The Bertz CT molecular complexity index is 970. The van der Waals surface area contributed by atoms with Crippen LogP contribution in [0.3, 0.4) is 0 Å². The van der Waals surface area contributed by atoms with Gasteiger partial charge in [0.1, 0.15) is 4.88 Å². The summed E-state index contributed by atoms with van der Waals surface area (Å²) in [6.07, 6.45) is 0. The lowest BCUT2D eigenvalue weighted by atomic mass is 10.1. The van der Waals surface area contributed by atoms with Gasteiger partial charge in [-0.1, -0.05) is 53.5 Å². The molecule has 26 heavy (non-hydrogen) atoms. The van der Waals surface area contributed by atoms with Crippen molar-refractivity contribution < 1.29 is 14.7 Å². The third-order valence-electron chi connectivity index (χ3n) is 3.67. The zero-order valence-electron chi connectivity index (χ0n) is 13.3. The highest BCUT2D eigenvalue weighted by atomic mass is 35.5. The summed E-state index contributed by atoms with van der Waals surface area (Å²) >= 11 is 12.9. The molecule has 1 heterocycles. The van der Waals surface area contributed by atoms with Crippen molar-refractivity contribution in [2.75, 3.05) is 11.9 Å². The van der Waals surface area contributed by atoms with E-state index in [-0.39, 0.29) is 17.2 Å². The molecular formula is C19H13Cl2NO3S. The van der Waals surface area contributed by atoms with Crippen LogP contribution in [0.25, 0.3) is 10.4 Å². The zero-order chi connectivity index (χ0) is 18.7. The molecule has 0 fully saturated rings. The molecule has 0 aliphatic carbocycles. The van der Waals surface area contributed by atoms with E-state index in [0.29, 0.717) is 21.3 Å². The number of halogens is 2. The summed E-state index contributed by atoms with van der Waals surface area (Å²) in [4.78, 5) is 24.8. The zero-order valence-corrected chi connectivity index (χ0v) is 15.7. The van der Waals surface area contributed by atoms with Crippen LogP contribution in [0.2, 0.25) is 10.0 Å². The Kier molecular flexibility index (Phi) is 5.61. The van der Waals surface area contributed by atoms with Crippen molar-refractivity contribution in [3.05, 3.63) is 75.1 Å². The minimum absolute atomic E-state index is 0.0524. The van der Waals surface area contributed by atoms with E-state index < -0.39 is 5.97 Å². The number of aromatic carboxylic acids is 1. The molecule has 0 amide bonds. The average molecular weight is 406 g/mol. The van der Waals surface area contributed by atoms with Crippen LogP contribution in [0.15, 0.2) is 54.6 Å². The van der Waals surface area contributed by atoms with Crippen molar-refractivity contribution in [3.63, 3.8) is 0 Å². The molecule has 0 aliphatic heterocycles. The number of hydrogen-bond acceptors (Lipinski definition) is 4. The van der Waals surface area contributed by atoms with Crippen molar-refractivity contribution >= 4 is 52.0 Å². The van der Waals surface area contributed by atoms with E-state index in [1.165, 1.54) is 6.07 Å². The van der Waals surface area contributed by atoms with E-state index in [1.807, 2.05) is 30.3 Å². The molecule has 0 spiro atoms. The standard InChI is InChI=1S/C19H13Cl2NO3S/c20-13-7-6-12(8-14(13)21)16(23)10-22-15-9-17(26-18(15)19(24)25)11-4-2-1-3-5-11/h1-9,22H,10H2,(H,24,25). The molecule has 7 heteroatoms. The molecule has 0 saturated heterocycles. The summed E-state index contributed by atoms with van der Waals surface area (Å²) in [5, 5.41) is 13.0. The molecule has 4 nitrogen and oxygen atoms in total. The fraction of sp³-hybridized carbons (Fsp3) is 0.0526. The van der Waals surface area contributed by atoms with Crippen LogP contribution in [0.4, 0.5) is 5.69 Å². The molecule has 3 aromatic rings. The van der Waals surface area contributed by atoms with Crippen molar-refractivity contribution in [2.45, 2.75) is 0 Å². The van der Waals surface area contributed by atoms with Gasteiger partial charge < -0.3 is 10.4 Å². The van der Waals surface area contributed by atoms with Crippen LogP contribution in [0.1, 0.15) is 20.0 Å². The Morgan fingerprint density at radius 1 is 1.00 bits per heavy atom. The molecule has 0 unspecified atom stereocenters. The Morgan fingerprint density at radius 2 is 1.73 bits per heavy atom. The van der Waals surface area contributed by atoms with E-state index in [9.17, 15) is 14.7 Å². The number of ketones is 1. The Labute approximate surface area is 164 Å². The lowest BCUT2D eigenvalue weighted by molar-refractivity contribution is 0.0702. The molecular weight excluding hydrogens is 393 g/mol. The van der Waals surface area contributed by atoms with E-state index in [2.05, 4.69) is 5.32 Å². The van der Waals surface area contributed by atoms with Crippen molar-refractivity contribution in [1.82, 2.24) is 0 Å². The van der Waals surface area contributed by atoms with Crippen LogP contribution in [-0.4, -0.2) is 23.4 Å². The van der Waals surface area contributed by atoms with Gasteiger partial charge in [-0.2, -0.15) is 0 Å². The van der Waals surface area contributed by atoms with Crippen LogP contribution in [-0.2, 0) is 0 Å². The number of hydrogen-bond donors (Lipinski definition) is 2. The first kappa shape index (κ1) is 18.5. The smallest absolute Gasteiger partial charge is 0.348 e. The van der Waals surface area contributed by atoms with Gasteiger partial charge >= 0.3 is 5.97 Å². The van der Waals surface area contributed by atoms with Crippen LogP contribution in [0, 0.1) is 0 Å². The number of rotatable bonds is 6. The number of nitrogens with one attached hydrogen (secondary N) is 1. The lowest BCUT2D eigenvalue weighted by Gasteiger charge is -2.06. The highest BCUT2D eigenvalue weighted by Crippen LogP contribution is 2.34. The number of carboxylic acid groups (broad SMARTS) is 1. The van der Waals surface area contributed by atoms with Gasteiger partial charge in [0, 0.05) is 10.4 Å². The fourth-order valence-electron chi connectivity index (χ4n) is 2.37. The topological polar surface area (TPSA) is 66.4 Å². The highest BCUT2D eigenvalue weighted by molar-refractivity contribution is 7.18. The fourth-order valence-corrected chi connectivity index (χ4v) is 3.65. The summed E-state index contributed by atoms with van der Waals surface area (Å²) in [5.41, 5.74) is 1.74. The number of carboxylic acids is 1. The molecule has 2 N–H and O–H groups in total. The summed E-state index contributed by atoms with van der Waals surface area (Å²) in [5.74, 6) is -1.26. The molecule has 0 atom stereocenters. The molecule has 132 valence electrons. The Morgan fingerprint density at radius 3 is 2.38 bits per heavy atom. The quantitative estimate of drug-likeness (QED) is 0.515. The van der Waals surface area contributed by atoms with Gasteiger partial charge in [0.05, 0.1) is 22.3 Å². The molecule has 0 saturated carbocycles. The largest absolute Gasteiger partial charge is 0.477 e. The third kappa shape index (κ3) is 4.07. The predicted octanol–water partition coefficient (Wildman–Crippen LogP) is 5.71. The lowest BCUT2D eigenvalue weighted by Crippen LogP contribution is -2.15. The second-order valence-corrected chi connectivity index (χ2v) is 7.30. The molecule has 0 bridgehead atoms. The van der Waals surface area contributed by atoms with Crippen LogP contribution in [0.5, 0.6) is 0 Å². The van der Waals surface area contributed by atoms with Gasteiger partial charge in [-0.05, 0) is 29.8 Å². The SMILES string of the molecule is O=C(CNc1cc(-c2ccccc2)sc1C(=O)O)c1ccc(Cl)c(Cl)c1. The van der Waals surface area contributed by atoms with E-state index in [1.54, 1.807) is 18.2 Å². The Hall–Kier alpha value is -2.34. The molecule has 0 aliphatic rings. The maximum absolute atomic E-state index is 12.3. The highest BCUT2D eigenvalue weighted by Gasteiger charge is 2.17. The van der Waals surface area contributed by atoms with Crippen molar-refractivity contribution in [2.24, 2.45) is 0 Å². The average Bonchev–Trinajstić information content (AvgIpc) is 3.07. The minimum Gasteiger partial charge on any atom is -0.477 e. The van der Waals surface area contributed by atoms with Crippen molar-refractivity contribution in [1.29, 1.82) is 0 Å². The third-order valence-corrected chi connectivity index (χ3v) is 5.58. The van der Waals surface area contributed by atoms with E-state index in [0.717, 1.165) is 21.8 Å². The normalized spacial score (nSPS) is 10.5. The number of thiophene rings is 1. The van der Waals surface area contributed by atoms with Crippen LogP contribution < -0.4 is 5.32 Å². The van der Waals surface area contributed by atoms with Gasteiger partial charge in [0.15, 0.2) is 5.78 Å². The molecule has 2 aromatic carbocycles. The second kappa shape index (κ2) is 7.91. The number of anilines is 1. The maximum atomic E-state index is 12.3. The second-order valence-electron chi connectivity index (χ2n) is 5.43. The number of carbonyl (C=O) groups is 2. The van der Waals surface area contributed by atoms with Gasteiger partial charge in [-0.3, -0.25) is 4.79 Å². The molecule has 3 rings (SSSR count). The predicted molar refractivity (Wildman–Crippen MR) is 106 cm³/mol. The van der Waals surface area contributed by atoms with Gasteiger partial charge in [0.2, 0.25) is 0 Å². The van der Waals surface area contributed by atoms with Gasteiger partial charge in [0.25, 0.3) is 0 Å². The number of carbonyl (C=O) groups excluding carboxylic acids is 1. The maximum Gasteiger partial charge on any atom is 0.348 e. The van der Waals surface area contributed by atoms with Gasteiger partial charge in [-0.15, -0.1) is 11.3 Å². The minimum atomic E-state index is -1.04. The number of benzene rings is 2.